The summed E-state index contributed by atoms with van der Waals surface area (Å²) in [5.74, 6) is 0. The van der Waals surface area contributed by atoms with Gasteiger partial charge in [0.2, 0.25) is 0 Å². The highest BCUT2D eigenvalue weighted by atomic mass is 79.9. The lowest BCUT2D eigenvalue weighted by molar-refractivity contribution is 0.219. The Morgan fingerprint density at radius 2 is 2.00 bits per heavy atom. The maximum atomic E-state index is 11.9. The van der Waals surface area contributed by atoms with Gasteiger partial charge in [0.05, 0.1) is 11.0 Å². The summed E-state index contributed by atoms with van der Waals surface area (Å²) in [6, 6.07) is 6.37. The summed E-state index contributed by atoms with van der Waals surface area (Å²) in [6.45, 7) is 5.32. The number of rotatable bonds is 6. The zero-order chi connectivity index (χ0) is 12.9. The third-order valence-electron chi connectivity index (χ3n) is 2.17. The molecule has 0 radical (unpaired) electrons. The number of benzene rings is 1. The van der Waals surface area contributed by atoms with Crippen LogP contribution in [-0.2, 0) is 14.3 Å². The second-order valence-corrected chi connectivity index (χ2v) is 6.17. The third kappa shape index (κ3) is 4.61. The van der Waals surface area contributed by atoms with Gasteiger partial charge >= 0.3 is 0 Å². The van der Waals surface area contributed by atoms with E-state index in [9.17, 15) is 8.42 Å². The van der Waals surface area contributed by atoms with Crippen LogP contribution < -0.4 is 0 Å². The Labute approximate surface area is 111 Å². The van der Waals surface area contributed by atoms with E-state index in [0.29, 0.717) is 6.42 Å². The average molecular weight is 319 g/mol. The number of allylic oxidation sites excluding steroid dienone is 1. The molecule has 0 saturated heterocycles. The molecule has 0 bridgehead atoms. The van der Waals surface area contributed by atoms with Gasteiger partial charge < -0.3 is 0 Å². The molecule has 3 nitrogen and oxygen atoms in total. The van der Waals surface area contributed by atoms with Crippen LogP contribution in [0.25, 0.3) is 0 Å². The van der Waals surface area contributed by atoms with Crippen LogP contribution in [0.2, 0.25) is 0 Å². The number of hydrogen-bond donors (Lipinski definition) is 0. The predicted octanol–water partition coefficient (Wildman–Crippen LogP) is 3.51. The van der Waals surface area contributed by atoms with E-state index in [1.807, 2.05) is 0 Å². The van der Waals surface area contributed by atoms with Crippen molar-refractivity contribution < 1.29 is 12.6 Å². The molecule has 0 aliphatic rings. The second-order valence-electron chi connectivity index (χ2n) is 3.68. The van der Waals surface area contributed by atoms with E-state index in [0.717, 1.165) is 10.9 Å². The molecule has 1 rings (SSSR count). The lowest BCUT2D eigenvalue weighted by Gasteiger charge is -2.12. The molecule has 0 fully saturated rings. The summed E-state index contributed by atoms with van der Waals surface area (Å²) in [5.41, 5.74) is 0. The van der Waals surface area contributed by atoms with Crippen LogP contribution in [0.15, 0.2) is 46.3 Å². The Bertz CT molecular complexity index is 465. The topological polar surface area (TPSA) is 43.4 Å². The summed E-state index contributed by atoms with van der Waals surface area (Å²) in [6.07, 6.45) is 2.77. The van der Waals surface area contributed by atoms with Crippen molar-refractivity contribution in [2.45, 2.75) is 30.8 Å². The van der Waals surface area contributed by atoms with Gasteiger partial charge in [-0.1, -0.05) is 22.0 Å². The fourth-order valence-corrected chi connectivity index (χ4v) is 2.65. The first-order valence-electron chi connectivity index (χ1n) is 5.25. The molecule has 1 atom stereocenters. The molecule has 0 spiro atoms. The van der Waals surface area contributed by atoms with Crippen LogP contribution in [0, 0.1) is 0 Å². The van der Waals surface area contributed by atoms with Crippen molar-refractivity contribution in [3.05, 3.63) is 41.4 Å². The van der Waals surface area contributed by atoms with Gasteiger partial charge in [-0.25, -0.2) is 0 Å². The number of halogens is 1. The molecule has 0 heterocycles. The standard InChI is InChI=1S/C12H15BrO3S/c1-3-4-5-10(2)16-17(14,15)12-8-6-11(13)7-9-12/h3,6-10H,1,4-5H2,2H3/t10-/m0/s1. The molecular formula is C12H15BrO3S. The zero-order valence-electron chi connectivity index (χ0n) is 9.60. The molecule has 1 aromatic rings. The van der Waals surface area contributed by atoms with E-state index in [4.69, 9.17) is 4.18 Å². The maximum absolute atomic E-state index is 11.9. The molecule has 0 unspecified atom stereocenters. The number of hydrogen-bond acceptors (Lipinski definition) is 3. The molecule has 0 aromatic heterocycles. The highest BCUT2D eigenvalue weighted by Gasteiger charge is 2.18. The Kier molecular flexibility index (Phi) is 5.36. The smallest absolute Gasteiger partial charge is 0.263 e. The normalized spacial score (nSPS) is 13.3. The first kappa shape index (κ1) is 14.4. The summed E-state index contributed by atoms with van der Waals surface area (Å²) in [5, 5.41) is 0. The van der Waals surface area contributed by atoms with Crippen molar-refractivity contribution in [1.82, 2.24) is 0 Å². The molecule has 0 N–H and O–H groups in total. The molecule has 0 saturated carbocycles. The lowest BCUT2D eigenvalue weighted by Crippen LogP contribution is -2.15. The van der Waals surface area contributed by atoms with Crippen LogP contribution in [0.3, 0.4) is 0 Å². The predicted molar refractivity (Wildman–Crippen MR) is 71.3 cm³/mol. The van der Waals surface area contributed by atoms with Gasteiger partial charge in [0.25, 0.3) is 10.1 Å². The molecule has 0 amide bonds. The van der Waals surface area contributed by atoms with E-state index >= 15 is 0 Å². The molecule has 17 heavy (non-hydrogen) atoms. The molecule has 1 aromatic carbocycles. The summed E-state index contributed by atoms with van der Waals surface area (Å²) in [4.78, 5) is 0.172. The summed E-state index contributed by atoms with van der Waals surface area (Å²) < 4.78 is 29.6. The quantitative estimate of drug-likeness (QED) is 0.595. The highest BCUT2D eigenvalue weighted by Crippen LogP contribution is 2.18. The van der Waals surface area contributed by atoms with Crippen LogP contribution in [0.4, 0.5) is 0 Å². The fourth-order valence-electron chi connectivity index (χ4n) is 1.27. The van der Waals surface area contributed by atoms with Gasteiger partial charge in [-0.15, -0.1) is 6.58 Å². The van der Waals surface area contributed by atoms with Gasteiger partial charge in [-0.05, 0) is 44.0 Å². The van der Waals surface area contributed by atoms with Crippen LogP contribution >= 0.6 is 15.9 Å². The summed E-state index contributed by atoms with van der Waals surface area (Å²) in [7, 11) is -3.66. The van der Waals surface area contributed by atoms with Crippen molar-refractivity contribution in [1.29, 1.82) is 0 Å². The highest BCUT2D eigenvalue weighted by molar-refractivity contribution is 9.10. The van der Waals surface area contributed by atoms with Crippen molar-refractivity contribution in [3.8, 4) is 0 Å². The molecule has 0 aliphatic heterocycles. The lowest BCUT2D eigenvalue weighted by atomic mass is 10.2. The Morgan fingerprint density at radius 3 is 2.53 bits per heavy atom. The van der Waals surface area contributed by atoms with Crippen LogP contribution in [0.5, 0.6) is 0 Å². The molecule has 5 heteroatoms. The van der Waals surface area contributed by atoms with E-state index in [2.05, 4.69) is 22.5 Å². The van der Waals surface area contributed by atoms with Crippen molar-refractivity contribution in [2.75, 3.05) is 0 Å². The molecular weight excluding hydrogens is 304 g/mol. The van der Waals surface area contributed by atoms with Gasteiger partial charge in [0.1, 0.15) is 0 Å². The Hall–Kier alpha value is -0.650. The monoisotopic (exact) mass is 318 g/mol. The van der Waals surface area contributed by atoms with Crippen molar-refractivity contribution >= 4 is 26.0 Å². The minimum absolute atomic E-state index is 0.172. The minimum atomic E-state index is -3.66. The first-order chi connectivity index (χ1) is 7.95. The molecule has 94 valence electrons. The third-order valence-corrected chi connectivity index (χ3v) is 4.13. The van der Waals surface area contributed by atoms with E-state index < -0.39 is 10.1 Å². The van der Waals surface area contributed by atoms with E-state index in [1.165, 1.54) is 12.1 Å². The van der Waals surface area contributed by atoms with Gasteiger partial charge in [0, 0.05) is 4.47 Å². The van der Waals surface area contributed by atoms with Crippen LogP contribution in [-0.4, -0.2) is 14.5 Å². The van der Waals surface area contributed by atoms with Gasteiger partial charge in [-0.3, -0.25) is 4.18 Å². The SMILES string of the molecule is C=CCC[C@H](C)OS(=O)(=O)c1ccc(Br)cc1. The van der Waals surface area contributed by atoms with E-state index in [1.54, 1.807) is 25.1 Å². The van der Waals surface area contributed by atoms with Crippen molar-refractivity contribution in [3.63, 3.8) is 0 Å². The first-order valence-corrected chi connectivity index (χ1v) is 7.45. The maximum Gasteiger partial charge on any atom is 0.297 e. The van der Waals surface area contributed by atoms with E-state index in [-0.39, 0.29) is 11.0 Å². The van der Waals surface area contributed by atoms with Gasteiger partial charge in [-0.2, -0.15) is 8.42 Å². The largest absolute Gasteiger partial charge is 0.297 e. The fraction of sp³-hybridized carbons (Fsp3) is 0.333. The van der Waals surface area contributed by atoms with Crippen molar-refractivity contribution in [2.24, 2.45) is 0 Å². The summed E-state index contributed by atoms with van der Waals surface area (Å²) >= 11 is 3.25. The van der Waals surface area contributed by atoms with Gasteiger partial charge in [0.15, 0.2) is 0 Å². The van der Waals surface area contributed by atoms with Crippen LogP contribution in [0.1, 0.15) is 19.8 Å². The Morgan fingerprint density at radius 1 is 1.41 bits per heavy atom. The Balaban J connectivity index is 2.74. The minimum Gasteiger partial charge on any atom is -0.263 e. The second kappa shape index (κ2) is 6.33. The molecule has 0 aliphatic carbocycles. The zero-order valence-corrected chi connectivity index (χ0v) is 12.0. The average Bonchev–Trinajstić information content (AvgIpc) is 2.26.